The highest BCUT2D eigenvalue weighted by molar-refractivity contribution is 6.06. The number of hydrogen-bond donors (Lipinski definition) is 1. The SMILES string of the molecule is C[C@H]1C[C@@H](CC(=O)Nc2ccccc2)c2ccccc2N1C(=O)c1cccn1C. The molecule has 3 aromatic rings. The predicted molar refractivity (Wildman–Crippen MR) is 115 cm³/mol. The smallest absolute Gasteiger partial charge is 0.275 e. The third-order valence-corrected chi connectivity index (χ3v) is 5.57. The third-order valence-electron chi connectivity index (χ3n) is 5.57. The Labute approximate surface area is 171 Å². The lowest BCUT2D eigenvalue weighted by Gasteiger charge is -2.39. The maximum Gasteiger partial charge on any atom is 0.275 e. The molecular formula is C24H25N3O2. The van der Waals surface area contributed by atoms with E-state index in [1.165, 1.54) is 0 Å². The van der Waals surface area contributed by atoms with Crippen LogP contribution in [0.2, 0.25) is 0 Å². The van der Waals surface area contributed by atoms with Gasteiger partial charge in [-0.3, -0.25) is 9.59 Å². The molecule has 0 unspecified atom stereocenters. The summed E-state index contributed by atoms with van der Waals surface area (Å²) in [6.07, 6.45) is 3.02. The zero-order chi connectivity index (χ0) is 20.4. The number of aromatic nitrogens is 1. The van der Waals surface area contributed by atoms with Crippen molar-refractivity contribution in [1.82, 2.24) is 4.57 Å². The zero-order valence-electron chi connectivity index (χ0n) is 16.7. The lowest BCUT2D eigenvalue weighted by Crippen LogP contribution is -2.44. The van der Waals surface area contributed by atoms with Gasteiger partial charge in [0.25, 0.3) is 5.91 Å². The molecule has 1 aromatic heterocycles. The Morgan fingerprint density at radius 3 is 2.45 bits per heavy atom. The molecule has 2 heterocycles. The van der Waals surface area contributed by atoms with E-state index in [0.29, 0.717) is 12.1 Å². The second-order valence-electron chi connectivity index (χ2n) is 7.64. The summed E-state index contributed by atoms with van der Waals surface area (Å²) in [6.45, 7) is 2.05. The molecule has 0 bridgehead atoms. The van der Waals surface area contributed by atoms with Crippen LogP contribution in [0.25, 0.3) is 0 Å². The molecular weight excluding hydrogens is 362 g/mol. The molecule has 0 fully saturated rings. The Bertz CT molecular complexity index is 1030. The molecule has 0 saturated heterocycles. The molecule has 0 aliphatic carbocycles. The van der Waals surface area contributed by atoms with Crippen molar-refractivity contribution in [3.8, 4) is 0 Å². The average Bonchev–Trinajstić information content (AvgIpc) is 3.14. The van der Waals surface area contributed by atoms with E-state index in [9.17, 15) is 9.59 Å². The van der Waals surface area contributed by atoms with Crippen molar-refractivity contribution < 1.29 is 9.59 Å². The van der Waals surface area contributed by atoms with Gasteiger partial charge in [-0.15, -0.1) is 0 Å². The highest BCUT2D eigenvalue weighted by atomic mass is 16.2. The molecule has 4 rings (SSSR count). The van der Waals surface area contributed by atoms with Crippen LogP contribution < -0.4 is 10.2 Å². The van der Waals surface area contributed by atoms with E-state index < -0.39 is 0 Å². The van der Waals surface area contributed by atoms with Crippen LogP contribution in [0.1, 0.15) is 41.7 Å². The molecule has 5 heteroatoms. The normalized spacial score (nSPS) is 18.2. The van der Waals surface area contributed by atoms with E-state index >= 15 is 0 Å². The van der Waals surface area contributed by atoms with E-state index in [1.807, 2.05) is 89.4 Å². The van der Waals surface area contributed by atoms with Gasteiger partial charge in [0.2, 0.25) is 5.91 Å². The summed E-state index contributed by atoms with van der Waals surface area (Å²) in [6, 6.07) is 21.2. The van der Waals surface area contributed by atoms with Gasteiger partial charge in [0.15, 0.2) is 0 Å². The number of rotatable bonds is 4. The van der Waals surface area contributed by atoms with E-state index in [0.717, 1.165) is 23.4 Å². The van der Waals surface area contributed by atoms with Gasteiger partial charge < -0.3 is 14.8 Å². The fourth-order valence-electron chi connectivity index (χ4n) is 4.20. The first-order chi connectivity index (χ1) is 14.0. The Balaban J connectivity index is 1.59. The van der Waals surface area contributed by atoms with Crippen LogP contribution in [-0.4, -0.2) is 22.4 Å². The number of carbonyl (C=O) groups is 2. The molecule has 0 saturated carbocycles. The Hall–Kier alpha value is -3.34. The minimum Gasteiger partial charge on any atom is -0.347 e. The summed E-state index contributed by atoms with van der Waals surface area (Å²) in [4.78, 5) is 27.8. The number of fused-ring (bicyclic) bond motifs is 1. The Kier molecular flexibility index (Phi) is 5.21. The minimum atomic E-state index is -0.00960. The molecule has 2 atom stereocenters. The number of anilines is 2. The van der Waals surface area contributed by atoms with Gasteiger partial charge in [0, 0.05) is 37.1 Å². The first-order valence-electron chi connectivity index (χ1n) is 9.93. The second-order valence-corrected chi connectivity index (χ2v) is 7.64. The number of aryl methyl sites for hydroxylation is 1. The number of carbonyl (C=O) groups excluding carboxylic acids is 2. The monoisotopic (exact) mass is 387 g/mol. The topological polar surface area (TPSA) is 54.3 Å². The standard InChI is InChI=1S/C24H25N3O2/c1-17-15-18(16-23(28)25-19-9-4-3-5-10-19)20-11-6-7-12-21(20)27(17)24(29)22-13-8-14-26(22)2/h3-14,17-18H,15-16H2,1-2H3,(H,25,28)/t17-,18-/m0/s1. The van der Waals surface area contributed by atoms with Crippen LogP contribution in [-0.2, 0) is 11.8 Å². The maximum absolute atomic E-state index is 13.3. The molecule has 5 nitrogen and oxygen atoms in total. The van der Waals surface area contributed by atoms with Crippen LogP contribution in [0.3, 0.4) is 0 Å². The van der Waals surface area contributed by atoms with Crippen LogP contribution >= 0.6 is 0 Å². The summed E-state index contributed by atoms with van der Waals surface area (Å²) in [5.41, 5.74) is 3.41. The first-order valence-corrected chi connectivity index (χ1v) is 9.93. The summed E-state index contributed by atoms with van der Waals surface area (Å²) < 4.78 is 1.84. The quantitative estimate of drug-likeness (QED) is 0.713. The fraction of sp³-hybridized carbons (Fsp3) is 0.250. The zero-order valence-corrected chi connectivity index (χ0v) is 16.7. The number of nitrogens with one attached hydrogen (secondary N) is 1. The average molecular weight is 387 g/mol. The molecule has 1 aliphatic heterocycles. The van der Waals surface area contributed by atoms with E-state index in [1.54, 1.807) is 0 Å². The number of hydrogen-bond acceptors (Lipinski definition) is 2. The van der Waals surface area contributed by atoms with Crippen molar-refractivity contribution in [2.75, 3.05) is 10.2 Å². The van der Waals surface area contributed by atoms with Crippen molar-refractivity contribution in [2.45, 2.75) is 31.7 Å². The van der Waals surface area contributed by atoms with Crippen LogP contribution in [0.5, 0.6) is 0 Å². The number of para-hydroxylation sites is 2. The molecule has 0 radical (unpaired) electrons. The van der Waals surface area contributed by atoms with Crippen molar-refractivity contribution in [1.29, 1.82) is 0 Å². The Morgan fingerprint density at radius 2 is 1.72 bits per heavy atom. The van der Waals surface area contributed by atoms with Crippen molar-refractivity contribution >= 4 is 23.2 Å². The summed E-state index contributed by atoms with van der Waals surface area (Å²) >= 11 is 0. The van der Waals surface area contributed by atoms with Gasteiger partial charge in [-0.05, 0) is 55.2 Å². The van der Waals surface area contributed by atoms with Gasteiger partial charge in [0.05, 0.1) is 0 Å². The number of amides is 2. The first kappa shape index (κ1) is 19.0. The summed E-state index contributed by atoms with van der Waals surface area (Å²) in [5.74, 6) is 0.0532. The van der Waals surface area contributed by atoms with Crippen LogP contribution in [0, 0.1) is 0 Å². The van der Waals surface area contributed by atoms with Gasteiger partial charge in [-0.25, -0.2) is 0 Å². The van der Waals surface area contributed by atoms with Crippen LogP contribution in [0.15, 0.2) is 72.9 Å². The van der Waals surface area contributed by atoms with E-state index in [2.05, 4.69) is 12.2 Å². The molecule has 148 valence electrons. The summed E-state index contributed by atoms with van der Waals surface area (Å²) in [7, 11) is 1.88. The van der Waals surface area contributed by atoms with Gasteiger partial charge in [0.1, 0.15) is 5.69 Å². The largest absolute Gasteiger partial charge is 0.347 e. The Morgan fingerprint density at radius 1 is 1.00 bits per heavy atom. The molecule has 2 amide bonds. The highest BCUT2D eigenvalue weighted by Gasteiger charge is 2.35. The second kappa shape index (κ2) is 7.95. The van der Waals surface area contributed by atoms with Crippen molar-refractivity contribution in [3.05, 3.63) is 84.2 Å². The maximum atomic E-state index is 13.3. The van der Waals surface area contributed by atoms with E-state index in [-0.39, 0.29) is 23.8 Å². The van der Waals surface area contributed by atoms with Crippen molar-refractivity contribution in [2.24, 2.45) is 7.05 Å². The van der Waals surface area contributed by atoms with E-state index in [4.69, 9.17) is 0 Å². The molecule has 0 spiro atoms. The van der Waals surface area contributed by atoms with Gasteiger partial charge >= 0.3 is 0 Å². The number of nitrogens with zero attached hydrogens (tertiary/aromatic N) is 2. The summed E-state index contributed by atoms with van der Waals surface area (Å²) in [5, 5.41) is 2.98. The van der Waals surface area contributed by atoms with Gasteiger partial charge in [-0.1, -0.05) is 36.4 Å². The molecule has 2 aromatic carbocycles. The van der Waals surface area contributed by atoms with Gasteiger partial charge in [-0.2, -0.15) is 0 Å². The molecule has 1 N–H and O–H groups in total. The van der Waals surface area contributed by atoms with Crippen LogP contribution in [0.4, 0.5) is 11.4 Å². The minimum absolute atomic E-state index is 0.00169. The lowest BCUT2D eigenvalue weighted by molar-refractivity contribution is -0.116. The number of benzene rings is 2. The van der Waals surface area contributed by atoms with Crippen molar-refractivity contribution in [3.63, 3.8) is 0 Å². The fourth-order valence-corrected chi connectivity index (χ4v) is 4.20. The third kappa shape index (κ3) is 3.81. The molecule has 29 heavy (non-hydrogen) atoms. The highest BCUT2D eigenvalue weighted by Crippen LogP contribution is 2.40. The molecule has 1 aliphatic rings. The lowest BCUT2D eigenvalue weighted by atomic mass is 9.83. The predicted octanol–water partition coefficient (Wildman–Crippen LogP) is 4.58.